The van der Waals surface area contributed by atoms with Crippen LogP contribution in [-0.4, -0.2) is 54.0 Å². The Morgan fingerprint density at radius 1 is 1.38 bits per heavy atom. The van der Waals surface area contributed by atoms with E-state index in [2.05, 4.69) is 17.3 Å². The zero-order valence-corrected chi connectivity index (χ0v) is 13.8. The lowest BCUT2D eigenvalue weighted by molar-refractivity contribution is 0.0430. The third-order valence-corrected chi connectivity index (χ3v) is 4.18. The normalized spacial score (nSPS) is 29.0. The molecule has 1 aliphatic heterocycles. The molecule has 2 aliphatic rings. The van der Waals surface area contributed by atoms with Crippen molar-refractivity contribution < 1.29 is 14.6 Å². The Labute approximate surface area is 128 Å². The molecule has 5 heteroatoms. The zero-order chi connectivity index (χ0) is 15.6. The second-order valence-electron chi connectivity index (χ2n) is 7.81. The highest BCUT2D eigenvalue weighted by atomic mass is 16.6. The van der Waals surface area contributed by atoms with Crippen LogP contribution in [0.25, 0.3) is 0 Å². The Bertz CT molecular complexity index is 363. The van der Waals surface area contributed by atoms with E-state index < -0.39 is 5.60 Å². The van der Waals surface area contributed by atoms with Crippen LogP contribution in [0.4, 0.5) is 4.79 Å². The van der Waals surface area contributed by atoms with Crippen molar-refractivity contribution in [2.45, 2.75) is 64.2 Å². The fourth-order valence-corrected chi connectivity index (χ4v) is 3.21. The molecule has 0 aromatic carbocycles. The number of alkyl carbamates (subject to hydrolysis) is 1. The van der Waals surface area contributed by atoms with Crippen molar-refractivity contribution in [3.63, 3.8) is 0 Å². The molecule has 2 rings (SSSR count). The molecule has 1 heterocycles. The summed E-state index contributed by atoms with van der Waals surface area (Å²) in [6.45, 7) is 7.45. The lowest BCUT2D eigenvalue weighted by atomic mass is 9.88. The monoisotopic (exact) mass is 298 g/mol. The Hall–Kier alpha value is -0.810. The molecule has 21 heavy (non-hydrogen) atoms. The first-order valence-corrected chi connectivity index (χ1v) is 8.09. The summed E-state index contributed by atoms with van der Waals surface area (Å²) in [4.78, 5) is 14.1. The molecule has 0 aromatic rings. The van der Waals surface area contributed by atoms with Crippen LogP contribution in [0.2, 0.25) is 0 Å². The van der Waals surface area contributed by atoms with Crippen LogP contribution in [0.3, 0.4) is 0 Å². The molecule has 1 saturated heterocycles. The first-order chi connectivity index (χ1) is 9.73. The van der Waals surface area contributed by atoms with Gasteiger partial charge in [-0.25, -0.2) is 4.79 Å². The van der Waals surface area contributed by atoms with Gasteiger partial charge in [0.15, 0.2) is 0 Å². The third kappa shape index (κ3) is 5.83. The van der Waals surface area contributed by atoms with Crippen LogP contribution in [0, 0.1) is 11.8 Å². The average Bonchev–Trinajstić information content (AvgIpc) is 3.07. The van der Waals surface area contributed by atoms with Crippen LogP contribution in [0.5, 0.6) is 0 Å². The Morgan fingerprint density at radius 3 is 2.62 bits per heavy atom. The van der Waals surface area contributed by atoms with Crippen LogP contribution in [-0.2, 0) is 4.74 Å². The summed E-state index contributed by atoms with van der Waals surface area (Å²) in [5.74, 6) is 0.966. The first kappa shape index (κ1) is 16.6. The van der Waals surface area contributed by atoms with E-state index in [1.165, 1.54) is 12.8 Å². The summed E-state index contributed by atoms with van der Waals surface area (Å²) in [5.41, 5.74) is -0.466. The van der Waals surface area contributed by atoms with Crippen molar-refractivity contribution in [2.24, 2.45) is 11.8 Å². The summed E-state index contributed by atoms with van der Waals surface area (Å²) < 4.78 is 5.32. The van der Waals surface area contributed by atoms with Gasteiger partial charge in [0.2, 0.25) is 0 Å². The Balaban J connectivity index is 1.80. The van der Waals surface area contributed by atoms with Crippen molar-refractivity contribution in [1.29, 1.82) is 0 Å². The molecule has 0 spiro atoms. The number of aliphatic hydroxyl groups excluding tert-OH is 1. The lowest BCUT2D eigenvalue weighted by Gasteiger charge is -2.37. The number of piperidine rings is 1. The van der Waals surface area contributed by atoms with E-state index in [4.69, 9.17) is 4.74 Å². The number of rotatable bonds is 4. The van der Waals surface area contributed by atoms with E-state index in [0.29, 0.717) is 11.8 Å². The molecule has 2 N–H and O–H groups in total. The maximum Gasteiger partial charge on any atom is 0.407 e. The molecular weight excluding hydrogens is 268 g/mol. The molecule has 1 saturated carbocycles. The van der Waals surface area contributed by atoms with E-state index >= 15 is 0 Å². The molecule has 1 amide bonds. The average molecular weight is 298 g/mol. The quantitative estimate of drug-likeness (QED) is 0.833. The molecule has 1 aliphatic carbocycles. The van der Waals surface area contributed by atoms with E-state index in [1.54, 1.807) is 0 Å². The van der Waals surface area contributed by atoms with Crippen LogP contribution >= 0.6 is 0 Å². The van der Waals surface area contributed by atoms with Gasteiger partial charge >= 0.3 is 6.09 Å². The van der Waals surface area contributed by atoms with Crippen molar-refractivity contribution in [1.82, 2.24) is 10.2 Å². The number of carbonyl (C=O) groups is 1. The SMILES string of the molecule is CN1CC(CC(O)C2CC2)CC(NC(=O)OC(C)(C)C)C1. The zero-order valence-electron chi connectivity index (χ0n) is 13.8. The highest BCUT2D eigenvalue weighted by molar-refractivity contribution is 5.68. The molecule has 0 aromatic heterocycles. The van der Waals surface area contributed by atoms with Gasteiger partial charge in [-0.05, 0) is 65.3 Å². The number of likely N-dealkylation sites (tertiary alicyclic amines) is 1. The molecule has 3 atom stereocenters. The van der Waals surface area contributed by atoms with E-state index in [1.807, 2.05) is 20.8 Å². The molecular formula is C16H30N2O3. The second kappa shape index (κ2) is 6.53. The molecule has 3 unspecified atom stereocenters. The maximum atomic E-state index is 11.9. The second-order valence-corrected chi connectivity index (χ2v) is 7.81. The van der Waals surface area contributed by atoms with E-state index in [0.717, 1.165) is 25.9 Å². The predicted octanol–water partition coefficient (Wildman–Crippen LogP) is 1.99. The number of ether oxygens (including phenoxy) is 1. The predicted molar refractivity (Wildman–Crippen MR) is 82.1 cm³/mol. The van der Waals surface area contributed by atoms with Gasteiger partial charge in [0.05, 0.1) is 6.10 Å². The minimum Gasteiger partial charge on any atom is -0.444 e. The lowest BCUT2D eigenvalue weighted by Crippen LogP contribution is -2.50. The fraction of sp³-hybridized carbons (Fsp3) is 0.938. The van der Waals surface area contributed by atoms with Crippen molar-refractivity contribution in [3.05, 3.63) is 0 Å². The number of hydrogen-bond donors (Lipinski definition) is 2. The number of hydrogen-bond acceptors (Lipinski definition) is 4. The van der Waals surface area contributed by atoms with Gasteiger partial charge in [0, 0.05) is 19.1 Å². The highest BCUT2D eigenvalue weighted by Crippen LogP contribution is 2.36. The van der Waals surface area contributed by atoms with Crippen molar-refractivity contribution in [3.8, 4) is 0 Å². The summed E-state index contributed by atoms with van der Waals surface area (Å²) in [6.07, 6.45) is 3.61. The standard InChI is InChI=1S/C16H30N2O3/c1-16(2,3)21-15(20)17-13-7-11(9-18(4)10-13)8-14(19)12-5-6-12/h11-14,19H,5-10H2,1-4H3,(H,17,20). The largest absolute Gasteiger partial charge is 0.444 e. The van der Waals surface area contributed by atoms with Gasteiger partial charge in [-0.15, -0.1) is 0 Å². The number of amides is 1. The first-order valence-electron chi connectivity index (χ1n) is 8.09. The highest BCUT2D eigenvalue weighted by Gasteiger charge is 2.34. The van der Waals surface area contributed by atoms with Gasteiger partial charge < -0.3 is 20.1 Å². The third-order valence-electron chi connectivity index (χ3n) is 4.18. The smallest absolute Gasteiger partial charge is 0.407 e. The summed E-state index contributed by atoms with van der Waals surface area (Å²) in [7, 11) is 2.07. The topological polar surface area (TPSA) is 61.8 Å². The maximum absolute atomic E-state index is 11.9. The van der Waals surface area contributed by atoms with Crippen molar-refractivity contribution >= 4 is 6.09 Å². The minimum atomic E-state index is -0.466. The summed E-state index contributed by atoms with van der Waals surface area (Å²) in [5, 5.41) is 13.1. The van der Waals surface area contributed by atoms with Gasteiger partial charge in [0.25, 0.3) is 0 Å². The van der Waals surface area contributed by atoms with Crippen LogP contribution in [0.1, 0.15) is 46.5 Å². The van der Waals surface area contributed by atoms with E-state index in [9.17, 15) is 9.90 Å². The number of aliphatic hydroxyl groups is 1. The van der Waals surface area contributed by atoms with Gasteiger partial charge in [0.1, 0.15) is 5.60 Å². The number of nitrogens with one attached hydrogen (secondary N) is 1. The number of nitrogens with zero attached hydrogens (tertiary/aromatic N) is 1. The van der Waals surface area contributed by atoms with Gasteiger partial charge in [-0.3, -0.25) is 0 Å². The minimum absolute atomic E-state index is 0.106. The van der Waals surface area contributed by atoms with Crippen molar-refractivity contribution in [2.75, 3.05) is 20.1 Å². The summed E-state index contributed by atoms with van der Waals surface area (Å²) >= 11 is 0. The van der Waals surface area contributed by atoms with E-state index in [-0.39, 0.29) is 18.2 Å². The molecule has 5 nitrogen and oxygen atoms in total. The number of carbonyl (C=O) groups excluding carboxylic acids is 1. The van der Waals surface area contributed by atoms with Gasteiger partial charge in [-0.2, -0.15) is 0 Å². The van der Waals surface area contributed by atoms with Gasteiger partial charge in [-0.1, -0.05) is 0 Å². The molecule has 2 fully saturated rings. The fourth-order valence-electron chi connectivity index (χ4n) is 3.21. The van der Waals surface area contributed by atoms with Crippen LogP contribution in [0.15, 0.2) is 0 Å². The molecule has 0 bridgehead atoms. The molecule has 122 valence electrons. The summed E-state index contributed by atoms with van der Waals surface area (Å²) in [6, 6.07) is 0.106. The number of likely N-dealkylation sites (N-methyl/N-ethyl adjacent to an activating group) is 1. The van der Waals surface area contributed by atoms with Crippen LogP contribution < -0.4 is 5.32 Å². The Kier molecular flexibility index (Phi) is 5.15. The Morgan fingerprint density at radius 2 is 2.05 bits per heavy atom. The molecule has 0 radical (unpaired) electrons.